The van der Waals surface area contributed by atoms with Crippen molar-refractivity contribution in [2.24, 2.45) is 0 Å². The van der Waals surface area contributed by atoms with Crippen LogP contribution in [0.3, 0.4) is 0 Å². The lowest BCUT2D eigenvalue weighted by molar-refractivity contribution is 0.287. The Morgan fingerprint density at radius 3 is 2.64 bits per heavy atom. The Bertz CT molecular complexity index is 1270. The average Bonchev–Trinajstić information content (AvgIpc) is 2.85. The summed E-state index contributed by atoms with van der Waals surface area (Å²) in [5, 5.41) is 6.23. The van der Waals surface area contributed by atoms with Crippen molar-refractivity contribution in [3.8, 4) is 17.0 Å². The molecular formula is C26H29F3N6O. The van der Waals surface area contributed by atoms with Gasteiger partial charge in [0.2, 0.25) is 5.95 Å². The Hall–Kier alpha value is -3.53. The quantitative estimate of drug-likeness (QED) is 0.528. The molecule has 3 heterocycles. The van der Waals surface area contributed by atoms with Gasteiger partial charge in [0.05, 0.1) is 24.1 Å². The van der Waals surface area contributed by atoms with E-state index in [9.17, 15) is 13.2 Å². The highest BCUT2D eigenvalue weighted by molar-refractivity contribution is 5.73. The minimum absolute atomic E-state index is 0.0600. The molecular weight excluding hydrogens is 469 g/mol. The predicted molar refractivity (Wildman–Crippen MR) is 135 cm³/mol. The van der Waals surface area contributed by atoms with Gasteiger partial charge in [0, 0.05) is 43.0 Å². The minimum Gasteiger partial charge on any atom is -0.486 e. The van der Waals surface area contributed by atoms with Crippen LogP contribution < -0.4 is 25.2 Å². The summed E-state index contributed by atoms with van der Waals surface area (Å²) >= 11 is 0. The van der Waals surface area contributed by atoms with Gasteiger partial charge in [0.25, 0.3) is 0 Å². The molecule has 2 aliphatic rings. The van der Waals surface area contributed by atoms with Gasteiger partial charge in [-0.2, -0.15) is 0 Å². The van der Waals surface area contributed by atoms with E-state index in [0.717, 1.165) is 19.3 Å². The van der Waals surface area contributed by atoms with Crippen molar-refractivity contribution in [1.29, 1.82) is 0 Å². The van der Waals surface area contributed by atoms with E-state index < -0.39 is 11.6 Å². The van der Waals surface area contributed by atoms with E-state index in [-0.39, 0.29) is 40.9 Å². The fourth-order valence-corrected chi connectivity index (χ4v) is 4.75. The molecule has 36 heavy (non-hydrogen) atoms. The molecule has 2 aromatic carbocycles. The van der Waals surface area contributed by atoms with E-state index >= 15 is 0 Å². The van der Waals surface area contributed by atoms with Crippen molar-refractivity contribution >= 4 is 23.0 Å². The molecule has 2 aliphatic heterocycles. The number of ether oxygens (including phenoxy) is 1. The van der Waals surface area contributed by atoms with Crippen molar-refractivity contribution in [1.82, 2.24) is 15.3 Å². The summed E-state index contributed by atoms with van der Waals surface area (Å²) in [5.41, 5.74) is 1.71. The molecule has 0 spiro atoms. The highest BCUT2D eigenvalue weighted by atomic mass is 19.1. The Kier molecular flexibility index (Phi) is 6.61. The third kappa shape index (κ3) is 4.65. The van der Waals surface area contributed by atoms with Gasteiger partial charge in [-0.15, -0.1) is 0 Å². The summed E-state index contributed by atoms with van der Waals surface area (Å²) in [7, 11) is 0. The number of anilines is 4. The SMILES string of the molecule is CC(C)N1CCOc2c(F)cc(-c3nc(Nc4ccc(N5CCNCC5C)c(F)c4)ncc3F)cc21. The van der Waals surface area contributed by atoms with Crippen LogP contribution >= 0.6 is 0 Å². The second-order valence-electron chi connectivity index (χ2n) is 9.37. The summed E-state index contributed by atoms with van der Waals surface area (Å²) in [4.78, 5) is 12.3. The van der Waals surface area contributed by atoms with E-state index in [2.05, 4.69) is 20.6 Å². The molecule has 1 saturated heterocycles. The lowest BCUT2D eigenvalue weighted by Gasteiger charge is -2.36. The van der Waals surface area contributed by atoms with Crippen molar-refractivity contribution < 1.29 is 17.9 Å². The van der Waals surface area contributed by atoms with Crippen LogP contribution in [0.5, 0.6) is 5.75 Å². The fraction of sp³-hybridized carbons (Fsp3) is 0.385. The number of hydrogen-bond acceptors (Lipinski definition) is 7. The molecule has 1 fully saturated rings. The van der Waals surface area contributed by atoms with Crippen LogP contribution in [-0.2, 0) is 0 Å². The van der Waals surface area contributed by atoms with Crippen molar-refractivity contribution in [2.75, 3.05) is 47.9 Å². The smallest absolute Gasteiger partial charge is 0.227 e. The highest BCUT2D eigenvalue weighted by Crippen LogP contribution is 2.39. The molecule has 0 amide bonds. The van der Waals surface area contributed by atoms with E-state index in [1.54, 1.807) is 18.2 Å². The van der Waals surface area contributed by atoms with Crippen LogP contribution in [0.1, 0.15) is 20.8 Å². The summed E-state index contributed by atoms with van der Waals surface area (Å²) in [6, 6.07) is 7.98. The van der Waals surface area contributed by atoms with Crippen molar-refractivity contribution in [2.45, 2.75) is 32.9 Å². The second kappa shape index (κ2) is 9.85. The molecule has 0 radical (unpaired) electrons. The molecule has 1 unspecified atom stereocenters. The van der Waals surface area contributed by atoms with Gasteiger partial charge in [0.1, 0.15) is 18.1 Å². The van der Waals surface area contributed by atoms with Gasteiger partial charge in [-0.3, -0.25) is 0 Å². The fourth-order valence-electron chi connectivity index (χ4n) is 4.75. The number of fused-ring (bicyclic) bond motifs is 1. The monoisotopic (exact) mass is 498 g/mol. The normalized spacial score (nSPS) is 17.7. The Labute approximate surface area is 208 Å². The number of nitrogens with zero attached hydrogens (tertiary/aromatic N) is 4. The Morgan fingerprint density at radius 2 is 1.89 bits per heavy atom. The first-order chi connectivity index (χ1) is 17.3. The van der Waals surface area contributed by atoms with Gasteiger partial charge < -0.3 is 25.2 Å². The van der Waals surface area contributed by atoms with Crippen LogP contribution in [0.4, 0.5) is 36.2 Å². The number of aromatic nitrogens is 2. The molecule has 0 saturated carbocycles. The number of halogens is 3. The molecule has 1 atom stereocenters. The zero-order chi connectivity index (χ0) is 25.4. The standard InChI is InChI=1S/C26H29F3N6O/c1-15(2)34-8-9-36-25-20(28)10-17(11-23(25)34)24-21(29)14-31-26(33-24)32-18-4-5-22(19(27)12-18)35-7-6-30-13-16(35)3/h4-5,10-12,14-16,30H,6-9,13H2,1-3H3,(H,31,32,33). The van der Waals surface area contributed by atoms with Gasteiger partial charge >= 0.3 is 0 Å². The summed E-state index contributed by atoms with van der Waals surface area (Å²) in [5.74, 6) is -1.42. The predicted octanol–water partition coefficient (Wildman–Crippen LogP) is 4.71. The lowest BCUT2D eigenvalue weighted by atomic mass is 10.1. The van der Waals surface area contributed by atoms with Crippen LogP contribution in [0, 0.1) is 17.5 Å². The van der Waals surface area contributed by atoms with Gasteiger partial charge in [0.15, 0.2) is 17.4 Å². The van der Waals surface area contributed by atoms with E-state index in [1.165, 1.54) is 12.1 Å². The Morgan fingerprint density at radius 1 is 1.06 bits per heavy atom. The van der Waals surface area contributed by atoms with E-state index in [1.807, 2.05) is 30.6 Å². The molecule has 1 aromatic heterocycles. The molecule has 190 valence electrons. The van der Waals surface area contributed by atoms with E-state index in [4.69, 9.17) is 4.74 Å². The third-order valence-corrected chi connectivity index (χ3v) is 6.57. The topological polar surface area (TPSA) is 65.6 Å². The molecule has 10 heteroatoms. The maximum Gasteiger partial charge on any atom is 0.227 e. The van der Waals surface area contributed by atoms with Crippen molar-refractivity contribution in [3.05, 3.63) is 54.0 Å². The summed E-state index contributed by atoms with van der Waals surface area (Å²) in [6.07, 6.45) is 1.02. The largest absolute Gasteiger partial charge is 0.486 e. The van der Waals surface area contributed by atoms with Crippen LogP contribution in [0.2, 0.25) is 0 Å². The number of nitrogens with one attached hydrogen (secondary N) is 2. The minimum atomic E-state index is -0.693. The van der Waals surface area contributed by atoms with Gasteiger partial charge in [-0.25, -0.2) is 23.1 Å². The Balaban J connectivity index is 1.43. The molecule has 7 nitrogen and oxygen atoms in total. The third-order valence-electron chi connectivity index (χ3n) is 6.57. The van der Waals surface area contributed by atoms with Crippen LogP contribution in [-0.4, -0.2) is 54.8 Å². The molecule has 0 aliphatic carbocycles. The first-order valence-electron chi connectivity index (χ1n) is 12.1. The maximum absolute atomic E-state index is 15.0. The van der Waals surface area contributed by atoms with E-state index in [0.29, 0.717) is 36.8 Å². The van der Waals surface area contributed by atoms with Gasteiger partial charge in [-0.05, 0) is 51.1 Å². The highest BCUT2D eigenvalue weighted by Gasteiger charge is 2.26. The van der Waals surface area contributed by atoms with Crippen LogP contribution in [0.15, 0.2) is 36.5 Å². The first-order valence-corrected chi connectivity index (χ1v) is 12.1. The molecule has 5 rings (SSSR count). The average molecular weight is 499 g/mol. The maximum atomic E-state index is 15.0. The zero-order valence-electron chi connectivity index (χ0n) is 20.5. The second-order valence-corrected chi connectivity index (χ2v) is 9.37. The number of rotatable bonds is 5. The molecule has 2 N–H and O–H groups in total. The van der Waals surface area contributed by atoms with Crippen molar-refractivity contribution in [3.63, 3.8) is 0 Å². The van der Waals surface area contributed by atoms with Crippen LogP contribution in [0.25, 0.3) is 11.3 Å². The lowest BCUT2D eigenvalue weighted by Crippen LogP contribution is -2.50. The first kappa shape index (κ1) is 24.2. The summed E-state index contributed by atoms with van der Waals surface area (Å²) in [6.45, 7) is 9.31. The molecule has 0 bridgehead atoms. The van der Waals surface area contributed by atoms with Gasteiger partial charge in [-0.1, -0.05) is 0 Å². The number of hydrogen-bond donors (Lipinski definition) is 2. The number of piperazine rings is 1. The zero-order valence-corrected chi connectivity index (χ0v) is 20.5. The number of benzene rings is 2. The molecule has 3 aromatic rings. The summed E-state index contributed by atoms with van der Waals surface area (Å²) < 4.78 is 50.2.